The van der Waals surface area contributed by atoms with Crippen LogP contribution in [-0.2, 0) is 11.3 Å². The molecule has 0 saturated carbocycles. The van der Waals surface area contributed by atoms with Crippen LogP contribution in [0.2, 0.25) is 0 Å². The van der Waals surface area contributed by atoms with Gasteiger partial charge >= 0.3 is 0 Å². The van der Waals surface area contributed by atoms with Crippen molar-refractivity contribution >= 4 is 5.91 Å². The van der Waals surface area contributed by atoms with Gasteiger partial charge in [-0.05, 0) is 32.9 Å². The highest BCUT2D eigenvalue weighted by Crippen LogP contribution is 2.13. The Balaban J connectivity index is 2.06. The average molecular weight is 273 g/mol. The predicted molar refractivity (Wildman–Crippen MR) is 75.9 cm³/mol. The van der Waals surface area contributed by atoms with Crippen molar-refractivity contribution in [2.45, 2.75) is 39.8 Å². The quantitative estimate of drug-likeness (QED) is 0.921. The van der Waals surface area contributed by atoms with E-state index in [4.69, 9.17) is 0 Å². The normalized spacial score (nSPS) is 11.4. The highest BCUT2D eigenvalue weighted by Gasteiger charge is 2.15. The minimum Gasteiger partial charge on any atom is -0.350 e. The molecule has 2 rings (SSSR count). The van der Waals surface area contributed by atoms with Gasteiger partial charge in [0.2, 0.25) is 11.7 Å². The van der Waals surface area contributed by atoms with Crippen molar-refractivity contribution in [1.82, 2.24) is 25.5 Å². The smallest absolute Gasteiger partial charge is 0.244 e. The van der Waals surface area contributed by atoms with E-state index >= 15 is 0 Å². The molecule has 1 aromatic heterocycles. The summed E-state index contributed by atoms with van der Waals surface area (Å²) in [6, 6.07) is 7.85. The number of aryl methyl sites for hydroxylation is 1. The second-order valence-electron chi connectivity index (χ2n) is 5.81. The lowest BCUT2D eigenvalue weighted by atomic mass is 10.1. The molecule has 106 valence electrons. The van der Waals surface area contributed by atoms with Crippen LogP contribution in [0.4, 0.5) is 0 Å². The summed E-state index contributed by atoms with van der Waals surface area (Å²) in [5.74, 6) is 0.388. The Bertz CT molecular complexity index is 595. The van der Waals surface area contributed by atoms with Gasteiger partial charge < -0.3 is 5.32 Å². The predicted octanol–water partition coefficient (Wildman–Crippen LogP) is 1.56. The van der Waals surface area contributed by atoms with Crippen molar-refractivity contribution in [2.75, 3.05) is 0 Å². The summed E-state index contributed by atoms with van der Waals surface area (Å²) in [4.78, 5) is 13.1. The molecule has 1 N–H and O–H groups in total. The monoisotopic (exact) mass is 273 g/mol. The first-order chi connectivity index (χ1) is 9.33. The van der Waals surface area contributed by atoms with Crippen molar-refractivity contribution < 1.29 is 4.79 Å². The number of aromatic nitrogens is 4. The van der Waals surface area contributed by atoms with Gasteiger partial charge in [0.15, 0.2) is 0 Å². The van der Waals surface area contributed by atoms with Crippen molar-refractivity contribution in [3.63, 3.8) is 0 Å². The average Bonchev–Trinajstić information content (AvgIpc) is 2.75. The first kappa shape index (κ1) is 14.2. The zero-order chi connectivity index (χ0) is 14.8. The summed E-state index contributed by atoms with van der Waals surface area (Å²) in [6.45, 7) is 7.87. The molecule has 0 aliphatic carbocycles. The molecular formula is C14H19N5O. The summed E-state index contributed by atoms with van der Waals surface area (Å²) in [5, 5.41) is 14.9. The third-order valence-corrected chi connectivity index (χ3v) is 2.56. The minimum absolute atomic E-state index is 0.0656. The van der Waals surface area contributed by atoms with Crippen LogP contribution in [0.15, 0.2) is 24.3 Å². The van der Waals surface area contributed by atoms with E-state index in [2.05, 4.69) is 20.7 Å². The number of nitrogens with one attached hydrogen (secondary N) is 1. The van der Waals surface area contributed by atoms with Crippen LogP contribution in [0, 0.1) is 6.92 Å². The molecule has 0 radical (unpaired) electrons. The zero-order valence-corrected chi connectivity index (χ0v) is 12.2. The molecule has 1 amide bonds. The van der Waals surface area contributed by atoms with Crippen LogP contribution in [0.25, 0.3) is 11.4 Å². The van der Waals surface area contributed by atoms with Crippen molar-refractivity contribution in [3.05, 3.63) is 29.8 Å². The lowest BCUT2D eigenvalue weighted by Gasteiger charge is -2.19. The molecule has 1 heterocycles. The summed E-state index contributed by atoms with van der Waals surface area (Å²) >= 11 is 0. The molecule has 1 aromatic carbocycles. The van der Waals surface area contributed by atoms with E-state index in [0.29, 0.717) is 5.82 Å². The molecule has 0 saturated heterocycles. The summed E-state index contributed by atoms with van der Waals surface area (Å²) < 4.78 is 0. The fraction of sp³-hybridized carbons (Fsp3) is 0.429. The highest BCUT2D eigenvalue weighted by atomic mass is 16.2. The van der Waals surface area contributed by atoms with E-state index in [9.17, 15) is 4.79 Å². The molecule has 20 heavy (non-hydrogen) atoms. The number of hydrogen-bond donors (Lipinski definition) is 1. The maximum atomic E-state index is 11.8. The fourth-order valence-electron chi connectivity index (χ4n) is 1.71. The van der Waals surface area contributed by atoms with Crippen molar-refractivity contribution in [1.29, 1.82) is 0 Å². The van der Waals surface area contributed by atoms with E-state index in [1.165, 1.54) is 10.4 Å². The van der Waals surface area contributed by atoms with Crippen LogP contribution in [0.1, 0.15) is 26.3 Å². The summed E-state index contributed by atoms with van der Waals surface area (Å²) in [5.41, 5.74) is 1.79. The van der Waals surface area contributed by atoms with Crippen LogP contribution >= 0.6 is 0 Å². The number of nitrogens with zero attached hydrogens (tertiary/aromatic N) is 4. The molecule has 0 aliphatic rings. The van der Waals surface area contributed by atoms with Crippen LogP contribution in [0.3, 0.4) is 0 Å². The lowest BCUT2D eigenvalue weighted by Crippen LogP contribution is -2.42. The largest absolute Gasteiger partial charge is 0.350 e. The molecule has 0 aliphatic heterocycles. The second-order valence-corrected chi connectivity index (χ2v) is 5.81. The molecule has 2 aromatic rings. The Hall–Kier alpha value is -2.24. The Kier molecular flexibility index (Phi) is 3.83. The van der Waals surface area contributed by atoms with Gasteiger partial charge in [-0.15, -0.1) is 10.2 Å². The van der Waals surface area contributed by atoms with E-state index in [1.54, 1.807) is 0 Å². The molecule has 0 spiro atoms. The lowest BCUT2D eigenvalue weighted by molar-refractivity contribution is -0.123. The summed E-state index contributed by atoms with van der Waals surface area (Å²) in [7, 11) is 0. The van der Waals surface area contributed by atoms with Crippen LogP contribution < -0.4 is 5.32 Å². The maximum Gasteiger partial charge on any atom is 0.244 e. The van der Waals surface area contributed by atoms with Gasteiger partial charge in [-0.2, -0.15) is 4.80 Å². The Morgan fingerprint density at radius 1 is 1.25 bits per heavy atom. The van der Waals surface area contributed by atoms with Gasteiger partial charge in [-0.1, -0.05) is 29.8 Å². The number of carbonyl (C=O) groups is 1. The van der Waals surface area contributed by atoms with Gasteiger partial charge in [0.05, 0.1) is 0 Å². The Morgan fingerprint density at radius 3 is 2.50 bits per heavy atom. The standard InChI is InChI=1S/C14H19N5O/c1-10-5-7-11(8-6-10)13-16-18-19(17-13)9-12(20)15-14(2,3)4/h5-8H,9H2,1-4H3,(H,15,20). The number of tetrazole rings is 1. The van der Waals surface area contributed by atoms with Gasteiger partial charge in [0.1, 0.15) is 6.54 Å². The topological polar surface area (TPSA) is 72.7 Å². The number of hydrogen-bond acceptors (Lipinski definition) is 4. The van der Waals surface area contributed by atoms with Crippen molar-refractivity contribution in [3.8, 4) is 11.4 Å². The van der Waals surface area contributed by atoms with Crippen molar-refractivity contribution in [2.24, 2.45) is 0 Å². The molecule has 0 atom stereocenters. The summed E-state index contributed by atoms with van der Waals surface area (Å²) in [6.07, 6.45) is 0. The first-order valence-electron chi connectivity index (χ1n) is 6.49. The molecular weight excluding hydrogens is 254 g/mol. The van der Waals surface area contributed by atoms with Gasteiger partial charge in [-0.3, -0.25) is 4.79 Å². The van der Waals surface area contributed by atoms with E-state index in [0.717, 1.165) is 5.56 Å². The Morgan fingerprint density at radius 2 is 1.90 bits per heavy atom. The number of rotatable bonds is 3. The fourth-order valence-corrected chi connectivity index (χ4v) is 1.71. The van der Waals surface area contributed by atoms with Gasteiger partial charge in [0.25, 0.3) is 0 Å². The molecule has 0 unspecified atom stereocenters. The number of carbonyl (C=O) groups excluding carboxylic acids is 1. The zero-order valence-electron chi connectivity index (χ0n) is 12.2. The number of benzene rings is 1. The van der Waals surface area contributed by atoms with Gasteiger partial charge in [-0.25, -0.2) is 0 Å². The Labute approximate surface area is 118 Å². The van der Waals surface area contributed by atoms with E-state index in [-0.39, 0.29) is 18.0 Å². The maximum absolute atomic E-state index is 11.8. The van der Waals surface area contributed by atoms with Crippen LogP contribution in [-0.4, -0.2) is 31.7 Å². The molecule has 0 bridgehead atoms. The SMILES string of the molecule is Cc1ccc(-c2nnn(CC(=O)NC(C)(C)C)n2)cc1. The minimum atomic E-state index is -0.266. The van der Waals surface area contributed by atoms with Gasteiger partial charge in [0, 0.05) is 11.1 Å². The van der Waals surface area contributed by atoms with E-state index in [1.807, 2.05) is 52.0 Å². The second kappa shape index (κ2) is 5.40. The molecule has 6 heteroatoms. The molecule has 6 nitrogen and oxygen atoms in total. The third-order valence-electron chi connectivity index (χ3n) is 2.56. The van der Waals surface area contributed by atoms with Crippen LogP contribution in [0.5, 0.6) is 0 Å². The number of amides is 1. The van der Waals surface area contributed by atoms with E-state index < -0.39 is 0 Å². The molecule has 0 fully saturated rings. The first-order valence-corrected chi connectivity index (χ1v) is 6.49. The third kappa shape index (κ3) is 3.88. The highest BCUT2D eigenvalue weighted by molar-refractivity contribution is 5.76.